The van der Waals surface area contributed by atoms with Crippen LogP contribution in [0.2, 0.25) is 5.02 Å². The van der Waals surface area contributed by atoms with Gasteiger partial charge in [-0.1, -0.05) is 29.8 Å². The molecule has 0 bridgehead atoms. The van der Waals surface area contributed by atoms with Crippen LogP contribution in [0.5, 0.6) is 0 Å². The van der Waals surface area contributed by atoms with Gasteiger partial charge in [0.15, 0.2) is 0 Å². The Balaban J connectivity index is 1.33. The van der Waals surface area contributed by atoms with Crippen molar-refractivity contribution in [3.05, 3.63) is 58.3 Å². The van der Waals surface area contributed by atoms with Crippen molar-refractivity contribution in [3.8, 4) is 10.8 Å². The molecule has 3 heterocycles. The predicted octanol–water partition coefficient (Wildman–Crippen LogP) is 4.33. The van der Waals surface area contributed by atoms with Gasteiger partial charge in [-0.15, -0.1) is 21.5 Å². The zero-order chi connectivity index (χ0) is 17.9. The Morgan fingerprint density at radius 1 is 1.12 bits per heavy atom. The quantitative estimate of drug-likeness (QED) is 0.651. The van der Waals surface area contributed by atoms with Gasteiger partial charge in [-0.05, 0) is 36.1 Å². The predicted molar refractivity (Wildman–Crippen MR) is 104 cm³/mol. The average Bonchev–Trinajstić information content (AvgIpc) is 3.35. The summed E-state index contributed by atoms with van der Waals surface area (Å²) < 4.78 is 5.90. The van der Waals surface area contributed by atoms with Crippen LogP contribution in [0.1, 0.15) is 24.4 Å². The van der Waals surface area contributed by atoms with E-state index in [1.807, 2.05) is 29.6 Å². The van der Waals surface area contributed by atoms with Gasteiger partial charge >= 0.3 is 0 Å². The third kappa shape index (κ3) is 3.99. The van der Waals surface area contributed by atoms with Gasteiger partial charge in [-0.2, -0.15) is 0 Å². The third-order valence-corrected chi connectivity index (χ3v) is 5.91. The molecule has 1 fully saturated rings. The summed E-state index contributed by atoms with van der Waals surface area (Å²) in [6.07, 6.45) is 0. The molecule has 0 unspecified atom stereocenters. The molecular weight excluding hydrogens is 368 g/mol. The number of hydrogen-bond acceptors (Lipinski definition) is 6. The standard InChI is InChI=1S/C19H21ClN4OS/c1-14(18-21-22-19(25-18)17-3-2-12-26-17)24-10-8-23(9-11-24)13-15-4-6-16(20)7-5-15/h2-7,12,14H,8-11,13H2,1H3/t14-/m1/s1. The smallest absolute Gasteiger partial charge is 0.257 e. The minimum Gasteiger partial charge on any atom is -0.418 e. The number of hydrogen-bond donors (Lipinski definition) is 0. The second-order valence-corrected chi connectivity index (χ2v) is 7.92. The molecule has 0 amide bonds. The van der Waals surface area contributed by atoms with Crippen LogP contribution in [0.3, 0.4) is 0 Å². The summed E-state index contributed by atoms with van der Waals surface area (Å²) in [5, 5.41) is 11.3. The first-order valence-corrected chi connectivity index (χ1v) is 10.0. The molecule has 1 aliphatic heterocycles. The number of aromatic nitrogens is 2. The molecule has 0 radical (unpaired) electrons. The fourth-order valence-electron chi connectivity index (χ4n) is 3.22. The van der Waals surface area contributed by atoms with E-state index in [1.165, 1.54) is 5.56 Å². The molecule has 1 saturated heterocycles. The molecule has 1 atom stereocenters. The highest BCUT2D eigenvalue weighted by Gasteiger charge is 2.26. The fourth-order valence-corrected chi connectivity index (χ4v) is 3.99. The fraction of sp³-hybridized carbons (Fsp3) is 0.368. The van der Waals surface area contributed by atoms with E-state index in [1.54, 1.807) is 11.3 Å². The molecular formula is C19H21ClN4OS. The molecule has 136 valence electrons. The van der Waals surface area contributed by atoms with Crippen LogP contribution >= 0.6 is 22.9 Å². The summed E-state index contributed by atoms with van der Waals surface area (Å²) in [7, 11) is 0. The second kappa shape index (κ2) is 7.88. The maximum absolute atomic E-state index is 5.96. The summed E-state index contributed by atoms with van der Waals surface area (Å²) in [5.41, 5.74) is 1.30. The first-order valence-electron chi connectivity index (χ1n) is 8.77. The Labute approximate surface area is 162 Å². The van der Waals surface area contributed by atoms with Gasteiger partial charge in [0.2, 0.25) is 5.89 Å². The van der Waals surface area contributed by atoms with E-state index in [2.05, 4.69) is 39.1 Å². The third-order valence-electron chi connectivity index (χ3n) is 4.80. The van der Waals surface area contributed by atoms with Gasteiger partial charge in [-0.3, -0.25) is 9.80 Å². The van der Waals surface area contributed by atoms with Crippen molar-refractivity contribution >= 4 is 22.9 Å². The molecule has 1 aliphatic rings. The maximum Gasteiger partial charge on any atom is 0.257 e. The molecule has 5 nitrogen and oxygen atoms in total. The summed E-state index contributed by atoms with van der Waals surface area (Å²) in [5.74, 6) is 1.31. The number of benzene rings is 1. The average molecular weight is 389 g/mol. The van der Waals surface area contributed by atoms with Crippen molar-refractivity contribution in [1.82, 2.24) is 20.0 Å². The van der Waals surface area contributed by atoms with Gasteiger partial charge in [0.25, 0.3) is 5.89 Å². The Bertz CT molecular complexity index is 826. The Kier molecular flexibility index (Phi) is 5.36. The number of halogens is 1. The maximum atomic E-state index is 5.96. The lowest BCUT2D eigenvalue weighted by molar-refractivity contribution is 0.0876. The minimum atomic E-state index is 0.133. The van der Waals surface area contributed by atoms with Gasteiger partial charge in [0, 0.05) is 37.7 Å². The highest BCUT2D eigenvalue weighted by atomic mass is 35.5. The Hall–Kier alpha value is -1.73. The van der Waals surface area contributed by atoms with Crippen molar-refractivity contribution in [2.75, 3.05) is 26.2 Å². The summed E-state index contributed by atoms with van der Waals surface area (Å²) in [6, 6.07) is 12.2. The van der Waals surface area contributed by atoms with Gasteiger partial charge in [0.05, 0.1) is 10.9 Å². The zero-order valence-electron chi connectivity index (χ0n) is 14.6. The molecule has 1 aromatic carbocycles. The van der Waals surface area contributed by atoms with Crippen molar-refractivity contribution in [2.45, 2.75) is 19.5 Å². The molecule has 0 saturated carbocycles. The molecule has 4 rings (SSSR count). The second-order valence-electron chi connectivity index (χ2n) is 6.54. The van der Waals surface area contributed by atoms with E-state index in [0.717, 1.165) is 42.6 Å². The Morgan fingerprint density at radius 3 is 2.58 bits per heavy atom. The van der Waals surface area contributed by atoms with Gasteiger partial charge in [-0.25, -0.2) is 0 Å². The summed E-state index contributed by atoms with van der Waals surface area (Å²) in [6.45, 7) is 7.14. The van der Waals surface area contributed by atoms with Crippen LogP contribution in [-0.4, -0.2) is 46.2 Å². The highest BCUT2D eigenvalue weighted by molar-refractivity contribution is 7.13. The van der Waals surface area contributed by atoms with E-state index >= 15 is 0 Å². The van der Waals surface area contributed by atoms with E-state index in [4.69, 9.17) is 16.0 Å². The van der Waals surface area contributed by atoms with Crippen molar-refractivity contribution in [1.29, 1.82) is 0 Å². The minimum absolute atomic E-state index is 0.133. The molecule has 7 heteroatoms. The van der Waals surface area contributed by atoms with Gasteiger partial charge in [0.1, 0.15) is 0 Å². The van der Waals surface area contributed by atoms with Crippen LogP contribution in [0, 0.1) is 0 Å². The van der Waals surface area contributed by atoms with E-state index in [0.29, 0.717) is 11.8 Å². The number of thiophene rings is 1. The van der Waals surface area contributed by atoms with Crippen LogP contribution in [0.4, 0.5) is 0 Å². The van der Waals surface area contributed by atoms with Crippen molar-refractivity contribution < 1.29 is 4.42 Å². The molecule has 2 aromatic heterocycles. The van der Waals surface area contributed by atoms with E-state index in [-0.39, 0.29) is 6.04 Å². The molecule has 0 spiro atoms. The Morgan fingerprint density at radius 2 is 1.88 bits per heavy atom. The van der Waals surface area contributed by atoms with Crippen LogP contribution in [0.25, 0.3) is 10.8 Å². The van der Waals surface area contributed by atoms with Crippen molar-refractivity contribution in [2.24, 2.45) is 0 Å². The lowest BCUT2D eigenvalue weighted by atomic mass is 10.2. The number of rotatable bonds is 5. The summed E-state index contributed by atoms with van der Waals surface area (Å²) in [4.78, 5) is 5.89. The van der Waals surface area contributed by atoms with E-state index in [9.17, 15) is 0 Å². The molecule has 26 heavy (non-hydrogen) atoms. The van der Waals surface area contributed by atoms with Crippen LogP contribution in [-0.2, 0) is 6.54 Å². The normalized spacial score (nSPS) is 17.5. The first kappa shape index (κ1) is 17.7. The lowest BCUT2D eigenvalue weighted by Gasteiger charge is -2.36. The first-order chi connectivity index (χ1) is 12.7. The highest BCUT2D eigenvalue weighted by Crippen LogP contribution is 2.27. The monoisotopic (exact) mass is 388 g/mol. The topological polar surface area (TPSA) is 45.4 Å². The zero-order valence-corrected chi connectivity index (χ0v) is 16.2. The summed E-state index contributed by atoms with van der Waals surface area (Å²) >= 11 is 7.58. The van der Waals surface area contributed by atoms with Crippen LogP contribution in [0.15, 0.2) is 46.2 Å². The SMILES string of the molecule is C[C@H](c1nnc(-c2cccs2)o1)N1CCN(Cc2ccc(Cl)cc2)CC1. The van der Waals surface area contributed by atoms with E-state index < -0.39 is 0 Å². The molecule has 3 aromatic rings. The number of nitrogens with zero attached hydrogens (tertiary/aromatic N) is 4. The van der Waals surface area contributed by atoms with Crippen molar-refractivity contribution in [3.63, 3.8) is 0 Å². The largest absolute Gasteiger partial charge is 0.418 e. The van der Waals surface area contributed by atoms with Crippen LogP contribution < -0.4 is 0 Å². The molecule has 0 N–H and O–H groups in total. The number of piperazine rings is 1. The van der Waals surface area contributed by atoms with Gasteiger partial charge < -0.3 is 4.42 Å². The molecule has 0 aliphatic carbocycles. The lowest BCUT2D eigenvalue weighted by Crippen LogP contribution is -2.46.